The highest BCUT2D eigenvalue weighted by Crippen LogP contribution is 2.42. The molecule has 0 radical (unpaired) electrons. The summed E-state index contributed by atoms with van der Waals surface area (Å²) in [5, 5.41) is 0. The third kappa shape index (κ3) is 3.07. The Balaban J connectivity index is 2.08. The number of carbonyl (C=O) groups is 1. The molecule has 1 aromatic rings. The summed E-state index contributed by atoms with van der Waals surface area (Å²) < 4.78 is 43.1. The second-order valence-corrected chi connectivity index (χ2v) is 4.34. The van der Waals surface area contributed by atoms with E-state index in [-0.39, 0.29) is 13.2 Å². The molecular weight excluding hydrogens is 259 g/mol. The lowest BCUT2D eigenvalue weighted by Crippen LogP contribution is -2.24. The number of benzene rings is 1. The number of halogens is 3. The van der Waals surface area contributed by atoms with Crippen LogP contribution >= 0.6 is 0 Å². The number of alkyl halides is 3. The highest BCUT2D eigenvalue weighted by atomic mass is 19.4. The normalized spacial score (nSPS) is 26.0. The van der Waals surface area contributed by atoms with E-state index in [9.17, 15) is 18.0 Å². The third-order valence-electron chi connectivity index (χ3n) is 3.00. The first-order chi connectivity index (χ1) is 8.95. The highest BCUT2D eigenvalue weighted by molar-refractivity contribution is 5.80. The van der Waals surface area contributed by atoms with Crippen LogP contribution < -0.4 is 0 Å². The molecule has 1 heterocycles. The zero-order valence-corrected chi connectivity index (χ0v) is 10.4. The van der Waals surface area contributed by atoms with Gasteiger partial charge in [-0.2, -0.15) is 13.2 Å². The number of hydrogen-bond acceptors (Lipinski definition) is 3. The van der Waals surface area contributed by atoms with Gasteiger partial charge >= 0.3 is 12.1 Å². The molecule has 6 heteroatoms. The minimum Gasteiger partial charge on any atom is -0.465 e. The second kappa shape index (κ2) is 5.21. The van der Waals surface area contributed by atoms with Crippen LogP contribution in [0.1, 0.15) is 12.5 Å². The van der Waals surface area contributed by atoms with Gasteiger partial charge in [-0.15, -0.1) is 0 Å². The minimum atomic E-state index is -4.41. The largest absolute Gasteiger partial charge is 0.465 e. The summed E-state index contributed by atoms with van der Waals surface area (Å²) in [6.45, 7) is 1.75. The van der Waals surface area contributed by atoms with E-state index in [2.05, 4.69) is 4.74 Å². The van der Waals surface area contributed by atoms with Gasteiger partial charge in [0.05, 0.1) is 6.61 Å². The van der Waals surface area contributed by atoms with Crippen LogP contribution in [0, 0.1) is 0 Å². The molecule has 0 N–H and O–H groups in total. The Bertz CT molecular complexity index is 447. The molecule has 19 heavy (non-hydrogen) atoms. The van der Waals surface area contributed by atoms with Crippen molar-refractivity contribution < 1.29 is 22.7 Å². The van der Waals surface area contributed by atoms with Gasteiger partial charge < -0.3 is 4.74 Å². The van der Waals surface area contributed by atoms with Crippen molar-refractivity contribution in [1.29, 1.82) is 0 Å². The molecule has 1 aliphatic heterocycles. The topological polar surface area (TPSA) is 29.3 Å². The molecule has 1 saturated heterocycles. The molecule has 0 saturated carbocycles. The van der Waals surface area contributed by atoms with Crippen molar-refractivity contribution >= 4 is 5.97 Å². The zero-order valence-electron chi connectivity index (χ0n) is 10.4. The van der Waals surface area contributed by atoms with Gasteiger partial charge in [-0.3, -0.25) is 9.69 Å². The average Bonchev–Trinajstić information content (AvgIpc) is 3.05. The molecule has 1 unspecified atom stereocenters. The molecule has 0 amide bonds. The number of hydrogen-bond donors (Lipinski definition) is 0. The summed E-state index contributed by atoms with van der Waals surface area (Å²) in [5.41, 5.74) is 0.739. The van der Waals surface area contributed by atoms with E-state index < -0.39 is 24.2 Å². The van der Waals surface area contributed by atoms with Gasteiger partial charge in [0.1, 0.15) is 12.1 Å². The van der Waals surface area contributed by atoms with Crippen molar-refractivity contribution in [3.63, 3.8) is 0 Å². The molecule has 2 rings (SSSR count). The summed E-state index contributed by atoms with van der Waals surface area (Å²) in [6, 6.07) is 5.81. The van der Waals surface area contributed by atoms with Crippen LogP contribution in [0.4, 0.5) is 13.2 Å². The number of ether oxygens (including phenoxy) is 1. The number of nitrogens with zero attached hydrogens (tertiary/aromatic N) is 1. The highest BCUT2D eigenvalue weighted by Gasteiger charge is 2.66. The number of carbonyl (C=O) groups excluding carboxylic acids is 1. The molecular formula is C13H14F3NO2. The SMILES string of the molecule is CCOC(=O)[C@@H]1[C@H](C(F)(F)F)N1Cc1ccccc1. The van der Waals surface area contributed by atoms with Crippen molar-refractivity contribution in [2.75, 3.05) is 6.61 Å². The van der Waals surface area contributed by atoms with Gasteiger partial charge in [0.25, 0.3) is 0 Å². The number of esters is 1. The molecule has 1 aliphatic rings. The lowest BCUT2D eigenvalue weighted by atomic mass is 10.2. The summed E-state index contributed by atoms with van der Waals surface area (Å²) in [4.78, 5) is 12.6. The van der Waals surface area contributed by atoms with Crippen LogP contribution in [-0.4, -0.2) is 35.7 Å². The van der Waals surface area contributed by atoms with Gasteiger partial charge in [0, 0.05) is 6.54 Å². The van der Waals surface area contributed by atoms with Crippen LogP contribution in [0.15, 0.2) is 30.3 Å². The van der Waals surface area contributed by atoms with Gasteiger partial charge in [-0.1, -0.05) is 30.3 Å². The summed E-state index contributed by atoms with van der Waals surface area (Å²) in [5.74, 6) is -0.805. The summed E-state index contributed by atoms with van der Waals surface area (Å²) in [7, 11) is 0. The van der Waals surface area contributed by atoms with E-state index in [1.165, 1.54) is 0 Å². The monoisotopic (exact) mass is 273 g/mol. The smallest absolute Gasteiger partial charge is 0.406 e. The molecule has 0 spiro atoms. The first kappa shape index (κ1) is 13.9. The summed E-state index contributed by atoms with van der Waals surface area (Å²) >= 11 is 0. The van der Waals surface area contributed by atoms with E-state index in [4.69, 9.17) is 0 Å². The zero-order chi connectivity index (χ0) is 14.0. The maximum atomic E-state index is 12.8. The molecule has 0 aromatic heterocycles. The predicted molar refractivity (Wildman–Crippen MR) is 62.2 cm³/mol. The Hall–Kier alpha value is -1.56. The molecule has 3 nitrogen and oxygen atoms in total. The van der Waals surface area contributed by atoms with E-state index in [1.54, 1.807) is 37.3 Å². The fraction of sp³-hybridized carbons (Fsp3) is 0.462. The minimum absolute atomic E-state index is 0.0824. The van der Waals surface area contributed by atoms with Gasteiger partial charge in [0.2, 0.25) is 0 Å². The number of rotatable bonds is 4. The first-order valence-corrected chi connectivity index (χ1v) is 5.98. The standard InChI is InChI=1S/C13H14F3NO2/c1-2-19-12(18)10-11(13(14,15)16)17(10)8-9-6-4-3-5-7-9/h3-7,10-11H,2,8H2,1H3/t10-,11+,17?/m0/s1. The Morgan fingerprint density at radius 2 is 1.95 bits per heavy atom. The van der Waals surface area contributed by atoms with Crippen molar-refractivity contribution in [3.8, 4) is 0 Å². The molecule has 1 fully saturated rings. The van der Waals surface area contributed by atoms with Crippen LogP contribution in [0.25, 0.3) is 0 Å². The lowest BCUT2D eigenvalue weighted by Gasteiger charge is -2.06. The van der Waals surface area contributed by atoms with Gasteiger partial charge in [-0.25, -0.2) is 0 Å². The Labute approximate surface area is 109 Å². The van der Waals surface area contributed by atoms with E-state index in [0.29, 0.717) is 0 Å². The summed E-state index contributed by atoms with van der Waals surface area (Å²) in [6.07, 6.45) is -4.41. The molecule has 0 aliphatic carbocycles. The molecule has 1 aromatic carbocycles. The fourth-order valence-electron chi connectivity index (χ4n) is 2.13. The van der Waals surface area contributed by atoms with Crippen molar-refractivity contribution in [2.24, 2.45) is 0 Å². The molecule has 3 atom stereocenters. The first-order valence-electron chi connectivity index (χ1n) is 5.98. The Morgan fingerprint density at radius 3 is 2.47 bits per heavy atom. The lowest BCUT2D eigenvalue weighted by molar-refractivity contribution is -0.149. The maximum Gasteiger partial charge on any atom is 0.406 e. The fourth-order valence-corrected chi connectivity index (χ4v) is 2.13. The van der Waals surface area contributed by atoms with E-state index >= 15 is 0 Å². The van der Waals surface area contributed by atoms with Crippen molar-refractivity contribution in [1.82, 2.24) is 4.90 Å². The third-order valence-corrected chi connectivity index (χ3v) is 3.00. The Morgan fingerprint density at radius 1 is 1.32 bits per heavy atom. The van der Waals surface area contributed by atoms with E-state index in [1.807, 2.05) is 0 Å². The average molecular weight is 273 g/mol. The predicted octanol–water partition coefficient (Wildman–Crippen LogP) is 2.36. The van der Waals surface area contributed by atoms with Crippen LogP contribution in [0.3, 0.4) is 0 Å². The quantitative estimate of drug-likeness (QED) is 0.623. The molecule has 0 bridgehead atoms. The van der Waals surface area contributed by atoms with Crippen LogP contribution in [0.2, 0.25) is 0 Å². The Kier molecular flexibility index (Phi) is 3.80. The van der Waals surface area contributed by atoms with Crippen molar-refractivity contribution in [2.45, 2.75) is 31.7 Å². The van der Waals surface area contributed by atoms with Crippen LogP contribution in [-0.2, 0) is 16.1 Å². The maximum absolute atomic E-state index is 12.8. The molecule has 104 valence electrons. The van der Waals surface area contributed by atoms with Crippen molar-refractivity contribution in [3.05, 3.63) is 35.9 Å². The van der Waals surface area contributed by atoms with Gasteiger partial charge in [-0.05, 0) is 12.5 Å². The van der Waals surface area contributed by atoms with Gasteiger partial charge in [0.15, 0.2) is 0 Å². The van der Waals surface area contributed by atoms with Crippen LogP contribution in [0.5, 0.6) is 0 Å². The van der Waals surface area contributed by atoms with E-state index in [0.717, 1.165) is 10.5 Å². The second-order valence-electron chi connectivity index (χ2n) is 4.34.